The van der Waals surface area contributed by atoms with Gasteiger partial charge in [-0.2, -0.15) is 0 Å². The third-order valence-corrected chi connectivity index (χ3v) is 5.79. The second kappa shape index (κ2) is 8.29. The van der Waals surface area contributed by atoms with Crippen molar-refractivity contribution in [1.82, 2.24) is 9.88 Å². The van der Waals surface area contributed by atoms with Crippen LogP contribution in [0.4, 0.5) is 5.69 Å². The number of amides is 1. The summed E-state index contributed by atoms with van der Waals surface area (Å²) in [5.74, 6) is 0.0784. The molecule has 148 valence electrons. The Hall–Kier alpha value is -2.44. The zero-order valence-electron chi connectivity index (χ0n) is 16.0. The molecule has 0 bridgehead atoms. The van der Waals surface area contributed by atoms with Crippen LogP contribution in [-0.4, -0.2) is 52.2 Å². The fourth-order valence-electron chi connectivity index (χ4n) is 4.27. The number of carbonyl (C=O) groups is 1. The second-order valence-corrected chi connectivity index (χ2v) is 7.77. The normalized spacial score (nSPS) is 24.1. The number of rotatable bonds is 4. The maximum atomic E-state index is 12.5. The van der Waals surface area contributed by atoms with Crippen LogP contribution < -0.4 is 5.32 Å². The third-order valence-electron chi connectivity index (χ3n) is 5.79. The lowest BCUT2D eigenvalue weighted by atomic mass is 9.81. The van der Waals surface area contributed by atoms with Crippen LogP contribution in [0.25, 0.3) is 0 Å². The summed E-state index contributed by atoms with van der Waals surface area (Å²) in [5, 5.41) is 13.6. The van der Waals surface area contributed by atoms with Gasteiger partial charge in [-0.1, -0.05) is 30.3 Å². The molecule has 2 aromatic rings. The highest BCUT2D eigenvalue weighted by atomic mass is 16.5. The number of piperidine rings is 1. The lowest BCUT2D eigenvalue weighted by Gasteiger charge is -2.48. The number of anilines is 1. The smallest absolute Gasteiger partial charge is 0.241 e. The minimum atomic E-state index is -0.367. The van der Waals surface area contributed by atoms with E-state index in [1.54, 1.807) is 12.4 Å². The predicted octanol–water partition coefficient (Wildman–Crippen LogP) is 2.77. The minimum Gasteiger partial charge on any atom is -0.393 e. The van der Waals surface area contributed by atoms with Gasteiger partial charge in [0.1, 0.15) is 0 Å². The second-order valence-electron chi connectivity index (χ2n) is 7.77. The van der Waals surface area contributed by atoms with Gasteiger partial charge in [0.15, 0.2) is 0 Å². The number of hydrogen-bond donors (Lipinski definition) is 2. The van der Waals surface area contributed by atoms with Crippen LogP contribution in [0.1, 0.15) is 37.4 Å². The van der Waals surface area contributed by atoms with Crippen molar-refractivity contribution < 1.29 is 14.6 Å². The Morgan fingerprint density at radius 2 is 2.00 bits per heavy atom. The Labute approximate surface area is 165 Å². The van der Waals surface area contributed by atoms with Crippen LogP contribution >= 0.6 is 0 Å². The van der Waals surface area contributed by atoms with E-state index in [1.807, 2.05) is 35.2 Å². The van der Waals surface area contributed by atoms with Crippen LogP contribution in [0.3, 0.4) is 0 Å². The van der Waals surface area contributed by atoms with E-state index in [-0.39, 0.29) is 30.3 Å². The molecule has 2 fully saturated rings. The Kier molecular flexibility index (Phi) is 5.59. The molecule has 0 saturated carbocycles. The average molecular weight is 381 g/mol. The average Bonchev–Trinajstić information content (AvgIpc) is 2.73. The van der Waals surface area contributed by atoms with Gasteiger partial charge in [-0.25, -0.2) is 0 Å². The van der Waals surface area contributed by atoms with Crippen LogP contribution in [0.5, 0.6) is 0 Å². The van der Waals surface area contributed by atoms with Gasteiger partial charge in [0, 0.05) is 38.3 Å². The molecule has 0 unspecified atom stereocenters. The van der Waals surface area contributed by atoms with Crippen molar-refractivity contribution in [2.45, 2.75) is 43.5 Å². The summed E-state index contributed by atoms with van der Waals surface area (Å²) in [7, 11) is 0. The van der Waals surface area contributed by atoms with Crippen LogP contribution in [0.15, 0.2) is 54.9 Å². The van der Waals surface area contributed by atoms with E-state index in [1.165, 1.54) is 0 Å². The van der Waals surface area contributed by atoms with Gasteiger partial charge >= 0.3 is 0 Å². The number of nitrogens with zero attached hydrogens (tertiary/aromatic N) is 2. The van der Waals surface area contributed by atoms with E-state index in [9.17, 15) is 9.90 Å². The van der Waals surface area contributed by atoms with Crippen LogP contribution in [-0.2, 0) is 9.53 Å². The number of aliphatic hydroxyl groups excluding tert-OH is 1. The summed E-state index contributed by atoms with van der Waals surface area (Å²) in [5.41, 5.74) is 1.61. The summed E-state index contributed by atoms with van der Waals surface area (Å²) in [4.78, 5) is 18.5. The Bertz CT molecular complexity index is 776. The van der Waals surface area contributed by atoms with Crippen molar-refractivity contribution in [2.24, 2.45) is 0 Å². The summed E-state index contributed by atoms with van der Waals surface area (Å²) >= 11 is 0. The SMILES string of the molecule is O=C(CNc1cccnc1)N1CCC2(CC1)C[C@H](O)C[C@H](c1ccccc1)O2. The zero-order chi connectivity index (χ0) is 19.4. The Balaban J connectivity index is 1.34. The summed E-state index contributed by atoms with van der Waals surface area (Å²) in [6.45, 7) is 1.57. The molecule has 2 aliphatic rings. The van der Waals surface area contributed by atoms with Crippen molar-refractivity contribution in [3.05, 3.63) is 60.4 Å². The molecule has 28 heavy (non-hydrogen) atoms. The molecule has 0 aliphatic carbocycles. The molecular formula is C22H27N3O3. The molecule has 2 saturated heterocycles. The highest BCUT2D eigenvalue weighted by molar-refractivity contribution is 5.80. The molecule has 6 heteroatoms. The Morgan fingerprint density at radius 1 is 1.21 bits per heavy atom. The number of carbonyl (C=O) groups excluding carboxylic acids is 1. The molecule has 1 amide bonds. The quantitative estimate of drug-likeness (QED) is 0.852. The zero-order valence-corrected chi connectivity index (χ0v) is 16.0. The summed E-state index contributed by atoms with van der Waals surface area (Å²) in [6, 6.07) is 13.8. The lowest BCUT2D eigenvalue weighted by Crippen LogP contribution is -2.53. The van der Waals surface area contributed by atoms with Gasteiger partial charge in [-0.3, -0.25) is 9.78 Å². The molecule has 3 heterocycles. The minimum absolute atomic E-state index is 0.0784. The molecular weight excluding hydrogens is 354 g/mol. The summed E-state index contributed by atoms with van der Waals surface area (Å²) < 4.78 is 6.51. The molecule has 2 atom stereocenters. The number of aliphatic hydroxyl groups is 1. The van der Waals surface area contributed by atoms with Crippen molar-refractivity contribution >= 4 is 11.6 Å². The number of ether oxygens (including phenoxy) is 1. The largest absolute Gasteiger partial charge is 0.393 e. The number of hydrogen-bond acceptors (Lipinski definition) is 5. The fraction of sp³-hybridized carbons (Fsp3) is 0.455. The molecule has 4 rings (SSSR count). The fourth-order valence-corrected chi connectivity index (χ4v) is 4.27. The highest BCUT2D eigenvalue weighted by Gasteiger charge is 2.44. The first-order chi connectivity index (χ1) is 13.6. The third kappa shape index (κ3) is 4.34. The highest BCUT2D eigenvalue weighted by Crippen LogP contribution is 2.42. The van der Waals surface area contributed by atoms with E-state index in [2.05, 4.69) is 22.4 Å². The van der Waals surface area contributed by atoms with Gasteiger partial charge in [0.25, 0.3) is 0 Å². The number of benzene rings is 1. The number of likely N-dealkylation sites (tertiary alicyclic amines) is 1. The number of pyridine rings is 1. The first-order valence-corrected chi connectivity index (χ1v) is 9.96. The van der Waals surface area contributed by atoms with Gasteiger partial charge in [0.05, 0.1) is 30.0 Å². The number of nitrogens with one attached hydrogen (secondary N) is 1. The topological polar surface area (TPSA) is 74.7 Å². The van der Waals surface area contributed by atoms with Gasteiger partial charge in [-0.15, -0.1) is 0 Å². The standard InChI is InChI=1S/C22H27N3O3/c26-19-13-20(17-5-2-1-3-6-17)28-22(14-19)8-11-25(12-9-22)21(27)16-24-18-7-4-10-23-15-18/h1-7,10,15,19-20,24,26H,8-9,11-14,16H2/t19-,20-/m1/s1. The van der Waals surface area contributed by atoms with E-state index in [0.717, 1.165) is 24.1 Å². The summed E-state index contributed by atoms with van der Waals surface area (Å²) in [6.07, 6.45) is 5.75. The molecule has 2 N–H and O–H groups in total. The molecule has 0 radical (unpaired) electrons. The maximum Gasteiger partial charge on any atom is 0.241 e. The van der Waals surface area contributed by atoms with E-state index >= 15 is 0 Å². The van der Waals surface area contributed by atoms with E-state index in [0.29, 0.717) is 25.9 Å². The maximum absolute atomic E-state index is 12.5. The van der Waals surface area contributed by atoms with Crippen LogP contribution in [0, 0.1) is 0 Å². The lowest BCUT2D eigenvalue weighted by molar-refractivity contribution is -0.185. The Morgan fingerprint density at radius 3 is 2.71 bits per heavy atom. The first-order valence-electron chi connectivity index (χ1n) is 9.96. The molecule has 2 aliphatic heterocycles. The monoisotopic (exact) mass is 381 g/mol. The molecule has 1 spiro atoms. The molecule has 1 aromatic carbocycles. The van der Waals surface area contributed by atoms with Gasteiger partial charge in [-0.05, 0) is 30.5 Å². The first kappa shape index (κ1) is 18.9. The number of aromatic nitrogens is 1. The molecule has 1 aromatic heterocycles. The van der Waals surface area contributed by atoms with Gasteiger partial charge in [0.2, 0.25) is 5.91 Å². The van der Waals surface area contributed by atoms with Crippen molar-refractivity contribution in [3.63, 3.8) is 0 Å². The van der Waals surface area contributed by atoms with E-state index < -0.39 is 0 Å². The van der Waals surface area contributed by atoms with Crippen molar-refractivity contribution in [3.8, 4) is 0 Å². The van der Waals surface area contributed by atoms with Crippen LogP contribution in [0.2, 0.25) is 0 Å². The van der Waals surface area contributed by atoms with Crippen molar-refractivity contribution in [2.75, 3.05) is 25.0 Å². The predicted molar refractivity (Wildman–Crippen MR) is 107 cm³/mol. The van der Waals surface area contributed by atoms with E-state index in [4.69, 9.17) is 4.74 Å². The van der Waals surface area contributed by atoms with Gasteiger partial charge < -0.3 is 20.1 Å². The van der Waals surface area contributed by atoms with Crippen molar-refractivity contribution in [1.29, 1.82) is 0 Å². The molecule has 6 nitrogen and oxygen atoms in total.